The Labute approximate surface area is 177 Å². The van der Waals surface area contributed by atoms with Crippen LogP contribution in [-0.4, -0.2) is 59.9 Å². The Morgan fingerprint density at radius 1 is 1.20 bits per heavy atom. The van der Waals surface area contributed by atoms with Crippen molar-refractivity contribution in [2.45, 2.75) is 50.4 Å². The third kappa shape index (κ3) is 6.20. The molecule has 2 saturated carbocycles. The van der Waals surface area contributed by atoms with Gasteiger partial charge in [-0.2, -0.15) is 0 Å². The number of aliphatic carboxylic acids is 1. The monoisotopic (exact) mass is 420 g/mol. The number of hydrogen-bond acceptors (Lipinski definition) is 6. The zero-order chi connectivity index (χ0) is 21.5. The van der Waals surface area contributed by atoms with Gasteiger partial charge in [0.15, 0.2) is 0 Å². The molecule has 6 atom stereocenters. The lowest BCUT2D eigenvalue weighted by atomic mass is 9.90. The van der Waals surface area contributed by atoms with Crippen LogP contribution in [0.2, 0.25) is 0 Å². The molecule has 0 aromatic heterocycles. The van der Waals surface area contributed by atoms with Crippen molar-refractivity contribution in [3.63, 3.8) is 0 Å². The van der Waals surface area contributed by atoms with Crippen LogP contribution in [0.5, 0.6) is 11.5 Å². The average molecular weight is 421 g/mol. The summed E-state index contributed by atoms with van der Waals surface area (Å²) in [4.78, 5) is 10.6. The van der Waals surface area contributed by atoms with E-state index in [-0.39, 0.29) is 25.0 Å². The minimum Gasteiger partial charge on any atom is -0.497 e. The molecule has 2 fully saturated rings. The van der Waals surface area contributed by atoms with E-state index >= 15 is 0 Å². The molecule has 2 aliphatic rings. The first-order valence-electron chi connectivity index (χ1n) is 10.6. The van der Waals surface area contributed by atoms with Crippen molar-refractivity contribution in [1.29, 1.82) is 0 Å². The van der Waals surface area contributed by atoms with Crippen molar-refractivity contribution < 1.29 is 34.3 Å². The van der Waals surface area contributed by atoms with Gasteiger partial charge in [0.1, 0.15) is 24.2 Å². The summed E-state index contributed by atoms with van der Waals surface area (Å²) in [6.07, 6.45) is 5.75. The third-order valence-corrected chi connectivity index (χ3v) is 6.11. The van der Waals surface area contributed by atoms with Crippen LogP contribution in [0.1, 0.15) is 32.1 Å². The molecule has 0 amide bonds. The van der Waals surface area contributed by atoms with E-state index in [0.717, 1.165) is 25.0 Å². The molecule has 0 saturated heterocycles. The largest absolute Gasteiger partial charge is 0.497 e. The predicted molar refractivity (Wildman–Crippen MR) is 111 cm³/mol. The number of ether oxygens (including phenoxy) is 3. The second-order valence-electron chi connectivity index (χ2n) is 8.20. The number of methoxy groups -OCH3 is 1. The SMILES string of the molecule is COc1ccc(OCC(O)C=C[C@@H]2[C@@H]3CC(OCCCC(=O)O)C[C@H]3C[C@H]2O)cc1. The molecule has 3 N–H and O–H groups in total. The second-order valence-corrected chi connectivity index (χ2v) is 8.20. The van der Waals surface area contributed by atoms with Gasteiger partial charge in [0, 0.05) is 18.9 Å². The highest BCUT2D eigenvalue weighted by molar-refractivity contribution is 5.66. The quantitative estimate of drug-likeness (QED) is 0.373. The summed E-state index contributed by atoms with van der Waals surface area (Å²) in [5.74, 6) is 1.33. The molecule has 7 heteroatoms. The minimum atomic E-state index is -0.801. The van der Waals surface area contributed by atoms with Crippen molar-refractivity contribution in [3.05, 3.63) is 36.4 Å². The van der Waals surface area contributed by atoms with E-state index in [1.54, 1.807) is 37.5 Å². The summed E-state index contributed by atoms with van der Waals surface area (Å²) >= 11 is 0. The molecule has 2 unspecified atom stereocenters. The first kappa shape index (κ1) is 22.6. The standard InChI is InChI=1S/C23H32O7/c1-28-17-5-7-18(8-6-17)30-14-16(24)4-9-20-21-13-19(11-15(21)12-22(20)25)29-10-2-3-23(26)27/h4-9,15-16,19-22,24-25H,2-3,10-14H2,1H3,(H,26,27)/t15-,16?,19?,20+,21+,22+/m0/s1. The molecule has 0 spiro atoms. The highest BCUT2D eigenvalue weighted by Crippen LogP contribution is 2.49. The van der Waals surface area contributed by atoms with E-state index in [0.29, 0.717) is 30.6 Å². The molecule has 0 aliphatic heterocycles. The van der Waals surface area contributed by atoms with Crippen LogP contribution in [-0.2, 0) is 9.53 Å². The molecule has 0 bridgehead atoms. The Bertz CT molecular complexity index is 702. The van der Waals surface area contributed by atoms with E-state index in [1.807, 2.05) is 6.08 Å². The predicted octanol–water partition coefficient (Wildman–Crippen LogP) is 2.65. The molecule has 166 valence electrons. The van der Waals surface area contributed by atoms with E-state index in [2.05, 4.69) is 0 Å². The van der Waals surface area contributed by atoms with Crippen molar-refractivity contribution in [3.8, 4) is 11.5 Å². The lowest BCUT2D eigenvalue weighted by Gasteiger charge is -2.19. The van der Waals surface area contributed by atoms with E-state index in [9.17, 15) is 15.0 Å². The number of rotatable bonds is 11. The maximum absolute atomic E-state index is 10.6. The van der Waals surface area contributed by atoms with Crippen LogP contribution in [0.3, 0.4) is 0 Å². The molecule has 1 aromatic carbocycles. The smallest absolute Gasteiger partial charge is 0.303 e. The number of carboxylic acids is 1. The van der Waals surface area contributed by atoms with Crippen molar-refractivity contribution >= 4 is 5.97 Å². The van der Waals surface area contributed by atoms with Gasteiger partial charge in [0.2, 0.25) is 0 Å². The Morgan fingerprint density at radius 3 is 2.63 bits per heavy atom. The highest BCUT2D eigenvalue weighted by Gasteiger charge is 2.47. The minimum absolute atomic E-state index is 0.00161. The third-order valence-electron chi connectivity index (χ3n) is 6.11. The van der Waals surface area contributed by atoms with Crippen molar-refractivity contribution in [1.82, 2.24) is 0 Å². The molecule has 0 radical (unpaired) electrons. The van der Waals surface area contributed by atoms with Gasteiger partial charge >= 0.3 is 5.97 Å². The summed E-state index contributed by atoms with van der Waals surface area (Å²) in [5, 5.41) is 29.4. The Hall–Kier alpha value is -2.09. The maximum Gasteiger partial charge on any atom is 0.303 e. The summed E-state index contributed by atoms with van der Waals surface area (Å²) in [5.41, 5.74) is 0. The summed E-state index contributed by atoms with van der Waals surface area (Å²) in [7, 11) is 1.60. The number of fused-ring (bicyclic) bond motifs is 1. The van der Waals surface area contributed by atoms with Gasteiger partial charge in [-0.05, 0) is 61.8 Å². The lowest BCUT2D eigenvalue weighted by Crippen LogP contribution is -2.21. The van der Waals surface area contributed by atoms with Gasteiger partial charge in [0.05, 0.1) is 19.3 Å². The van der Waals surface area contributed by atoms with Gasteiger partial charge in [-0.1, -0.05) is 12.2 Å². The van der Waals surface area contributed by atoms with Gasteiger partial charge in [-0.15, -0.1) is 0 Å². The van der Waals surface area contributed by atoms with Crippen LogP contribution in [0.15, 0.2) is 36.4 Å². The number of carboxylic acid groups (broad SMARTS) is 1. The zero-order valence-electron chi connectivity index (χ0n) is 17.4. The molecule has 3 rings (SSSR count). The van der Waals surface area contributed by atoms with Gasteiger partial charge in [0.25, 0.3) is 0 Å². The number of hydrogen-bond donors (Lipinski definition) is 3. The summed E-state index contributed by atoms with van der Waals surface area (Å²) in [6.45, 7) is 0.593. The Kier molecular flexibility index (Phi) is 8.13. The fourth-order valence-electron chi connectivity index (χ4n) is 4.65. The van der Waals surface area contributed by atoms with E-state index < -0.39 is 18.2 Å². The molecule has 0 heterocycles. The van der Waals surface area contributed by atoms with Gasteiger partial charge in [-0.25, -0.2) is 0 Å². The number of carbonyl (C=O) groups is 1. The average Bonchev–Trinajstić information content (AvgIpc) is 3.24. The highest BCUT2D eigenvalue weighted by atomic mass is 16.5. The molecule has 2 aliphatic carbocycles. The molecule has 1 aromatic rings. The van der Waals surface area contributed by atoms with Crippen LogP contribution >= 0.6 is 0 Å². The summed E-state index contributed by atoms with van der Waals surface area (Å²) in [6, 6.07) is 7.17. The molecule has 30 heavy (non-hydrogen) atoms. The van der Waals surface area contributed by atoms with E-state index in [4.69, 9.17) is 19.3 Å². The zero-order valence-corrected chi connectivity index (χ0v) is 17.4. The number of benzene rings is 1. The van der Waals surface area contributed by atoms with Crippen molar-refractivity contribution in [2.75, 3.05) is 20.3 Å². The first-order valence-corrected chi connectivity index (χ1v) is 10.6. The number of aliphatic hydroxyl groups excluding tert-OH is 2. The van der Waals surface area contributed by atoms with E-state index in [1.165, 1.54) is 0 Å². The lowest BCUT2D eigenvalue weighted by molar-refractivity contribution is -0.137. The fourth-order valence-corrected chi connectivity index (χ4v) is 4.65. The first-order chi connectivity index (χ1) is 14.5. The molecular formula is C23H32O7. The Balaban J connectivity index is 1.44. The maximum atomic E-state index is 10.6. The van der Waals surface area contributed by atoms with Gasteiger partial charge in [-0.3, -0.25) is 4.79 Å². The topological polar surface area (TPSA) is 105 Å². The summed E-state index contributed by atoms with van der Waals surface area (Å²) < 4.78 is 16.6. The Morgan fingerprint density at radius 2 is 1.93 bits per heavy atom. The van der Waals surface area contributed by atoms with Crippen LogP contribution in [0.25, 0.3) is 0 Å². The molecule has 7 nitrogen and oxygen atoms in total. The number of aliphatic hydroxyl groups is 2. The fraction of sp³-hybridized carbons (Fsp3) is 0.609. The normalized spacial score (nSPS) is 29.1. The van der Waals surface area contributed by atoms with Crippen LogP contribution in [0, 0.1) is 17.8 Å². The molecular weight excluding hydrogens is 388 g/mol. The van der Waals surface area contributed by atoms with Crippen molar-refractivity contribution in [2.24, 2.45) is 17.8 Å². The second kappa shape index (κ2) is 10.8. The van der Waals surface area contributed by atoms with Crippen LogP contribution in [0.4, 0.5) is 0 Å². The van der Waals surface area contributed by atoms with Gasteiger partial charge < -0.3 is 29.5 Å². The van der Waals surface area contributed by atoms with Crippen LogP contribution < -0.4 is 9.47 Å².